The van der Waals surface area contributed by atoms with Crippen molar-refractivity contribution in [3.63, 3.8) is 0 Å². The Hall–Kier alpha value is -1.20. The van der Waals surface area contributed by atoms with E-state index < -0.39 is 0 Å². The molecule has 2 rings (SSSR count). The number of nitrogens with two attached hydrogens (primary N) is 1. The van der Waals surface area contributed by atoms with Gasteiger partial charge in [0, 0.05) is 11.8 Å². The number of carbonyl (C=O) groups is 1. The molecule has 2 aromatic heterocycles. The number of imidazole rings is 1. The number of carbonyl (C=O) groups excluding carboxylic acids is 1. The third-order valence-corrected chi connectivity index (χ3v) is 2.84. The predicted octanol–water partition coefficient (Wildman–Crippen LogP) is 1.55. The first-order chi connectivity index (χ1) is 7.15. The normalized spacial score (nSPS) is 10.9. The van der Waals surface area contributed by atoms with E-state index >= 15 is 0 Å². The maximum absolute atomic E-state index is 11.6. The van der Waals surface area contributed by atoms with Crippen molar-refractivity contribution in [2.45, 2.75) is 6.92 Å². The molecule has 0 aliphatic rings. The molecule has 0 saturated heterocycles. The molecule has 0 radical (unpaired) electrons. The number of nitrogens with zero attached hydrogens (tertiary/aromatic N) is 2. The van der Waals surface area contributed by atoms with Crippen LogP contribution in [0.1, 0.15) is 16.2 Å². The molecule has 0 aliphatic heterocycles. The van der Waals surface area contributed by atoms with Crippen LogP contribution in [0.4, 0.5) is 0 Å². The summed E-state index contributed by atoms with van der Waals surface area (Å²) in [5, 5.41) is 0. The van der Waals surface area contributed by atoms with Gasteiger partial charge in [-0.15, -0.1) is 0 Å². The van der Waals surface area contributed by atoms with Gasteiger partial charge in [-0.2, -0.15) is 0 Å². The van der Waals surface area contributed by atoms with Gasteiger partial charge < -0.3 is 10.1 Å². The average Bonchev–Trinajstić information content (AvgIpc) is 2.54. The van der Waals surface area contributed by atoms with Gasteiger partial charge in [-0.1, -0.05) is 0 Å². The Bertz CT molecular complexity index is 533. The smallest absolute Gasteiger partial charge is 0.178 e. The fourth-order valence-electron chi connectivity index (χ4n) is 1.57. The quantitative estimate of drug-likeness (QED) is 0.840. The van der Waals surface area contributed by atoms with Crippen molar-refractivity contribution < 1.29 is 4.79 Å². The highest BCUT2D eigenvalue weighted by Crippen LogP contribution is 2.22. The number of pyridine rings is 1. The molecule has 4 nitrogen and oxygen atoms in total. The minimum atomic E-state index is -0.0822. The molecule has 0 amide bonds. The second-order valence-electron chi connectivity index (χ2n) is 3.22. The van der Waals surface area contributed by atoms with Crippen LogP contribution in [0.5, 0.6) is 0 Å². The Labute approximate surface area is 95.2 Å². The van der Waals surface area contributed by atoms with Crippen LogP contribution < -0.4 is 5.73 Å². The fraction of sp³-hybridized carbons (Fsp3) is 0.200. The molecule has 0 aromatic carbocycles. The van der Waals surface area contributed by atoms with E-state index in [0.29, 0.717) is 10.2 Å². The van der Waals surface area contributed by atoms with E-state index in [9.17, 15) is 4.79 Å². The zero-order valence-corrected chi connectivity index (χ0v) is 9.78. The molecule has 2 aromatic rings. The lowest BCUT2D eigenvalue weighted by Gasteiger charge is -2.02. The van der Waals surface area contributed by atoms with Gasteiger partial charge in [0.05, 0.1) is 12.1 Å². The van der Waals surface area contributed by atoms with Gasteiger partial charge in [0.15, 0.2) is 5.78 Å². The number of ketones is 1. The second kappa shape index (κ2) is 3.75. The lowest BCUT2D eigenvalue weighted by atomic mass is 10.1. The van der Waals surface area contributed by atoms with Gasteiger partial charge in [0.1, 0.15) is 10.4 Å². The van der Waals surface area contributed by atoms with E-state index in [1.165, 1.54) is 0 Å². The van der Waals surface area contributed by atoms with Crippen molar-refractivity contribution in [2.75, 3.05) is 6.54 Å². The highest BCUT2D eigenvalue weighted by atomic mass is 79.9. The third-order valence-electron chi connectivity index (χ3n) is 2.28. The van der Waals surface area contributed by atoms with Crippen molar-refractivity contribution in [3.05, 3.63) is 34.3 Å². The molecule has 15 heavy (non-hydrogen) atoms. The summed E-state index contributed by atoms with van der Waals surface area (Å²) in [5.41, 5.74) is 6.74. The van der Waals surface area contributed by atoms with Crippen LogP contribution in [0, 0.1) is 6.92 Å². The minimum Gasteiger partial charge on any atom is -0.324 e. The van der Waals surface area contributed by atoms with Gasteiger partial charge in [-0.05, 0) is 35.0 Å². The molecular formula is C10H10BrN3O. The molecule has 0 spiro atoms. The first-order valence-corrected chi connectivity index (χ1v) is 5.31. The lowest BCUT2D eigenvalue weighted by Crippen LogP contribution is -2.14. The molecule has 5 heteroatoms. The Morgan fingerprint density at radius 3 is 3.07 bits per heavy atom. The molecule has 0 saturated carbocycles. The summed E-state index contributed by atoms with van der Waals surface area (Å²) in [6.07, 6.45) is 1.87. The van der Waals surface area contributed by atoms with Crippen molar-refractivity contribution >= 4 is 27.2 Å². The summed E-state index contributed by atoms with van der Waals surface area (Å²) in [6.45, 7) is 1.89. The van der Waals surface area contributed by atoms with Crippen molar-refractivity contribution in [1.29, 1.82) is 0 Å². The van der Waals surface area contributed by atoms with E-state index in [2.05, 4.69) is 20.9 Å². The fourth-order valence-corrected chi connectivity index (χ4v) is 2.23. The summed E-state index contributed by atoms with van der Waals surface area (Å²) in [6, 6.07) is 3.58. The molecule has 0 atom stereocenters. The van der Waals surface area contributed by atoms with Crippen LogP contribution in [-0.2, 0) is 0 Å². The van der Waals surface area contributed by atoms with Crippen LogP contribution in [0.3, 0.4) is 0 Å². The zero-order valence-electron chi connectivity index (χ0n) is 8.20. The molecule has 2 N–H and O–H groups in total. The second-order valence-corrected chi connectivity index (χ2v) is 3.97. The number of rotatable bonds is 2. The van der Waals surface area contributed by atoms with Gasteiger partial charge in [0.2, 0.25) is 0 Å². The number of hydrogen-bond acceptors (Lipinski definition) is 3. The van der Waals surface area contributed by atoms with Crippen molar-refractivity contribution in [3.8, 4) is 0 Å². The summed E-state index contributed by atoms with van der Waals surface area (Å²) in [5.74, 6) is 0.754. The Morgan fingerprint density at radius 1 is 1.67 bits per heavy atom. The van der Waals surface area contributed by atoms with E-state index in [4.69, 9.17) is 5.73 Å². The van der Waals surface area contributed by atoms with Crippen molar-refractivity contribution in [2.24, 2.45) is 5.73 Å². The Balaban J connectivity index is 2.80. The van der Waals surface area contributed by atoms with Crippen LogP contribution in [0.25, 0.3) is 5.52 Å². The predicted molar refractivity (Wildman–Crippen MR) is 61.0 cm³/mol. The molecule has 0 unspecified atom stereocenters. The summed E-state index contributed by atoms with van der Waals surface area (Å²) >= 11 is 3.34. The summed E-state index contributed by atoms with van der Waals surface area (Å²) in [4.78, 5) is 15.9. The first-order valence-electron chi connectivity index (χ1n) is 4.51. The number of aromatic nitrogens is 2. The van der Waals surface area contributed by atoms with Crippen LogP contribution >= 0.6 is 15.9 Å². The third kappa shape index (κ3) is 1.57. The average molecular weight is 268 g/mol. The Morgan fingerprint density at radius 2 is 2.40 bits per heavy atom. The number of fused-ring (bicyclic) bond motifs is 1. The monoisotopic (exact) mass is 267 g/mol. The zero-order chi connectivity index (χ0) is 11.0. The molecule has 0 aliphatic carbocycles. The SMILES string of the molecule is Cc1nc(Br)c2c(C(=O)CN)cccn12. The molecule has 2 heterocycles. The highest BCUT2D eigenvalue weighted by molar-refractivity contribution is 9.10. The van der Waals surface area contributed by atoms with Crippen LogP contribution in [-0.4, -0.2) is 21.7 Å². The van der Waals surface area contributed by atoms with Gasteiger partial charge in [-0.3, -0.25) is 4.79 Å². The first kappa shape index (κ1) is 10.3. The van der Waals surface area contributed by atoms with Gasteiger partial charge >= 0.3 is 0 Å². The van der Waals surface area contributed by atoms with Gasteiger partial charge in [0.25, 0.3) is 0 Å². The number of hydrogen-bond donors (Lipinski definition) is 1. The van der Waals surface area contributed by atoms with E-state index in [0.717, 1.165) is 11.3 Å². The molecular weight excluding hydrogens is 258 g/mol. The maximum Gasteiger partial charge on any atom is 0.178 e. The topological polar surface area (TPSA) is 60.4 Å². The maximum atomic E-state index is 11.6. The molecule has 0 bridgehead atoms. The molecule has 78 valence electrons. The standard InChI is InChI=1S/C10H10BrN3O/c1-6-13-10(11)9-7(8(15)5-12)3-2-4-14(6)9/h2-4H,5,12H2,1H3. The number of aryl methyl sites for hydroxylation is 1. The largest absolute Gasteiger partial charge is 0.324 e. The summed E-state index contributed by atoms with van der Waals surface area (Å²) < 4.78 is 2.55. The number of Topliss-reactive ketones (excluding diaryl/α,β-unsaturated/α-hetero) is 1. The van der Waals surface area contributed by atoms with Crippen molar-refractivity contribution in [1.82, 2.24) is 9.38 Å². The molecule has 0 fully saturated rings. The van der Waals surface area contributed by atoms with E-state index in [1.807, 2.05) is 23.6 Å². The van der Waals surface area contributed by atoms with Crippen LogP contribution in [0.15, 0.2) is 22.9 Å². The summed E-state index contributed by atoms with van der Waals surface area (Å²) in [7, 11) is 0. The van der Waals surface area contributed by atoms with Gasteiger partial charge in [-0.25, -0.2) is 4.98 Å². The highest BCUT2D eigenvalue weighted by Gasteiger charge is 2.14. The van der Waals surface area contributed by atoms with E-state index in [-0.39, 0.29) is 12.3 Å². The number of halogens is 1. The minimum absolute atomic E-state index is 0.0103. The van der Waals surface area contributed by atoms with Crippen LogP contribution in [0.2, 0.25) is 0 Å². The van der Waals surface area contributed by atoms with E-state index in [1.54, 1.807) is 6.07 Å². The lowest BCUT2D eigenvalue weighted by molar-refractivity contribution is 0.100. The Kier molecular flexibility index (Phi) is 2.58.